The molecule has 204 valence electrons. The van der Waals surface area contributed by atoms with Gasteiger partial charge in [-0.25, -0.2) is 9.69 Å². The van der Waals surface area contributed by atoms with Crippen molar-refractivity contribution in [3.05, 3.63) is 95.1 Å². The van der Waals surface area contributed by atoms with Crippen molar-refractivity contribution in [2.45, 2.75) is 25.9 Å². The number of barbiturate groups is 1. The van der Waals surface area contributed by atoms with Gasteiger partial charge in [-0.2, -0.15) is 0 Å². The lowest BCUT2D eigenvalue weighted by molar-refractivity contribution is -0.122. The third-order valence-electron chi connectivity index (χ3n) is 6.85. The smallest absolute Gasteiger partial charge is 0.335 e. The van der Waals surface area contributed by atoms with Crippen molar-refractivity contribution in [1.29, 1.82) is 0 Å². The van der Waals surface area contributed by atoms with E-state index < -0.39 is 17.8 Å². The summed E-state index contributed by atoms with van der Waals surface area (Å²) in [5.74, 6) is -0.561. The Bertz CT molecular complexity index is 1460. The zero-order valence-corrected chi connectivity index (χ0v) is 22.1. The number of piperidine rings is 1. The van der Waals surface area contributed by atoms with E-state index in [1.165, 1.54) is 19.6 Å². The molecule has 0 aromatic heterocycles. The molecule has 5 rings (SSSR count). The van der Waals surface area contributed by atoms with Crippen molar-refractivity contribution in [3.8, 4) is 11.5 Å². The van der Waals surface area contributed by atoms with E-state index >= 15 is 0 Å². The lowest BCUT2D eigenvalue weighted by atomic mass is 10.1. The highest BCUT2D eigenvalue weighted by Crippen LogP contribution is 2.30. The molecule has 9 nitrogen and oxygen atoms in total. The second-order valence-corrected chi connectivity index (χ2v) is 9.54. The summed E-state index contributed by atoms with van der Waals surface area (Å²) in [4.78, 5) is 53.5. The predicted octanol–water partition coefficient (Wildman–Crippen LogP) is 4.57. The van der Waals surface area contributed by atoms with E-state index in [-0.39, 0.29) is 18.1 Å². The molecule has 0 spiro atoms. The third-order valence-corrected chi connectivity index (χ3v) is 6.85. The molecular formula is C31H29N3O6. The zero-order chi connectivity index (χ0) is 28.1. The molecule has 5 amide bonds. The van der Waals surface area contributed by atoms with E-state index in [1.807, 2.05) is 29.2 Å². The van der Waals surface area contributed by atoms with Crippen molar-refractivity contribution in [2.24, 2.45) is 0 Å². The highest BCUT2D eigenvalue weighted by Gasteiger charge is 2.36. The highest BCUT2D eigenvalue weighted by molar-refractivity contribution is 6.39. The molecule has 2 fully saturated rings. The lowest BCUT2D eigenvalue weighted by Crippen LogP contribution is -2.54. The quantitative estimate of drug-likeness (QED) is 0.349. The fraction of sp³-hybridized carbons (Fsp3) is 0.226. The van der Waals surface area contributed by atoms with Crippen LogP contribution in [-0.4, -0.2) is 48.9 Å². The van der Waals surface area contributed by atoms with Gasteiger partial charge in [-0.3, -0.25) is 19.7 Å². The number of imide groups is 2. The van der Waals surface area contributed by atoms with Crippen molar-refractivity contribution in [3.63, 3.8) is 0 Å². The number of benzene rings is 3. The predicted molar refractivity (Wildman–Crippen MR) is 149 cm³/mol. The molecule has 0 unspecified atom stereocenters. The molecule has 40 heavy (non-hydrogen) atoms. The SMILES string of the molecule is COc1cc(/C=C2\C(=O)NC(=O)N(c3ccccc3)C2=O)ccc1OCc1ccc(C(=O)N2CCCCC2)cc1. The summed E-state index contributed by atoms with van der Waals surface area (Å²) in [5, 5.41) is 2.22. The molecule has 2 aliphatic rings. The van der Waals surface area contributed by atoms with Crippen LogP contribution in [0.4, 0.5) is 10.5 Å². The number of likely N-dealkylation sites (tertiary alicyclic amines) is 1. The number of amides is 5. The Morgan fingerprint density at radius 2 is 1.62 bits per heavy atom. The molecule has 0 saturated carbocycles. The molecule has 0 radical (unpaired) electrons. The Balaban J connectivity index is 1.28. The number of carbonyl (C=O) groups is 4. The summed E-state index contributed by atoms with van der Waals surface area (Å²) in [7, 11) is 1.49. The Morgan fingerprint density at radius 3 is 2.33 bits per heavy atom. The van der Waals surface area contributed by atoms with Gasteiger partial charge in [-0.1, -0.05) is 36.4 Å². The van der Waals surface area contributed by atoms with Crippen LogP contribution >= 0.6 is 0 Å². The Morgan fingerprint density at radius 1 is 0.900 bits per heavy atom. The summed E-state index contributed by atoms with van der Waals surface area (Å²) in [6.45, 7) is 1.86. The normalized spacial score (nSPS) is 16.6. The summed E-state index contributed by atoms with van der Waals surface area (Å²) >= 11 is 0. The number of para-hydroxylation sites is 1. The first-order chi connectivity index (χ1) is 19.4. The van der Waals surface area contributed by atoms with Crippen molar-refractivity contribution < 1.29 is 28.7 Å². The number of carbonyl (C=O) groups excluding carboxylic acids is 4. The molecule has 3 aromatic carbocycles. The molecule has 0 atom stereocenters. The van der Waals surface area contributed by atoms with Gasteiger partial charge >= 0.3 is 6.03 Å². The zero-order valence-electron chi connectivity index (χ0n) is 22.1. The van der Waals surface area contributed by atoms with E-state index in [9.17, 15) is 19.2 Å². The van der Waals surface area contributed by atoms with Crippen LogP contribution in [0.15, 0.2) is 78.4 Å². The van der Waals surface area contributed by atoms with Gasteiger partial charge in [0.05, 0.1) is 12.8 Å². The summed E-state index contributed by atoms with van der Waals surface area (Å²) in [5.41, 5.74) is 2.24. The van der Waals surface area contributed by atoms with Crippen molar-refractivity contribution in [2.75, 3.05) is 25.1 Å². The van der Waals surface area contributed by atoms with E-state index in [4.69, 9.17) is 9.47 Å². The second kappa shape index (κ2) is 11.9. The Labute approximate surface area is 232 Å². The van der Waals surface area contributed by atoms with Gasteiger partial charge in [0.2, 0.25) is 0 Å². The summed E-state index contributed by atoms with van der Waals surface area (Å²) < 4.78 is 11.5. The first-order valence-corrected chi connectivity index (χ1v) is 13.1. The molecule has 3 aromatic rings. The fourth-order valence-corrected chi connectivity index (χ4v) is 4.71. The minimum Gasteiger partial charge on any atom is -0.493 e. The van der Waals surface area contributed by atoms with Crippen LogP contribution in [0.2, 0.25) is 0 Å². The molecule has 9 heteroatoms. The van der Waals surface area contributed by atoms with Gasteiger partial charge in [-0.05, 0) is 72.9 Å². The van der Waals surface area contributed by atoms with Crippen LogP contribution in [0.1, 0.15) is 40.7 Å². The molecular weight excluding hydrogens is 510 g/mol. The summed E-state index contributed by atoms with van der Waals surface area (Å²) in [6, 6.07) is 20.0. The second-order valence-electron chi connectivity index (χ2n) is 9.54. The van der Waals surface area contributed by atoms with Crippen molar-refractivity contribution in [1.82, 2.24) is 10.2 Å². The number of hydrogen-bond acceptors (Lipinski definition) is 6. The minimum atomic E-state index is -0.802. The number of urea groups is 1. The standard InChI is InChI=1S/C31H29N3O6/c1-39-27-19-22(18-25-28(35)32-31(38)34(30(25)37)24-8-4-2-5-9-24)12-15-26(27)40-20-21-10-13-23(14-11-21)29(36)33-16-6-3-7-17-33/h2,4-5,8-15,18-19H,3,6-7,16-17,20H2,1H3,(H,32,35,38)/b25-18+. The number of rotatable bonds is 7. The van der Waals surface area contributed by atoms with E-state index in [2.05, 4.69) is 5.32 Å². The van der Waals surface area contributed by atoms with E-state index in [0.29, 0.717) is 28.3 Å². The van der Waals surface area contributed by atoms with Gasteiger partial charge in [0, 0.05) is 18.7 Å². The number of ether oxygens (including phenoxy) is 2. The lowest BCUT2D eigenvalue weighted by Gasteiger charge is -2.26. The van der Waals surface area contributed by atoms with Crippen LogP contribution in [0.25, 0.3) is 6.08 Å². The van der Waals surface area contributed by atoms with Gasteiger partial charge in [0.25, 0.3) is 17.7 Å². The first kappa shape index (κ1) is 26.7. The van der Waals surface area contributed by atoms with Gasteiger partial charge in [-0.15, -0.1) is 0 Å². The maximum absolute atomic E-state index is 13.1. The number of anilines is 1. The first-order valence-electron chi connectivity index (χ1n) is 13.1. The molecule has 2 heterocycles. The number of hydrogen-bond donors (Lipinski definition) is 1. The third kappa shape index (κ3) is 5.73. The monoisotopic (exact) mass is 539 g/mol. The van der Waals surface area contributed by atoms with Crippen LogP contribution < -0.4 is 19.7 Å². The van der Waals surface area contributed by atoms with Crippen LogP contribution in [0.5, 0.6) is 11.5 Å². The highest BCUT2D eigenvalue weighted by atomic mass is 16.5. The topological polar surface area (TPSA) is 105 Å². The molecule has 2 aliphatic heterocycles. The summed E-state index contributed by atoms with van der Waals surface area (Å²) in [6.07, 6.45) is 4.67. The number of methoxy groups -OCH3 is 1. The van der Waals surface area contributed by atoms with Gasteiger partial charge in [0.15, 0.2) is 11.5 Å². The maximum atomic E-state index is 13.1. The largest absolute Gasteiger partial charge is 0.493 e. The van der Waals surface area contributed by atoms with Gasteiger partial charge < -0.3 is 14.4 Å². The van der Waals surface area contributed by atoms with Crippen LogP contribution in [0, 0.1) is 0 Å². The number of nitrogens with zero attached hydrogens (tertiary/aromatic N) is 2. The average molecular weight is 540 g/mol. The molecule has 2 saturated heterocycles. The van der Waals surface area contributed by atoms with E-state index in [0.717, 1.165) is 36.4 Å². The molecule has 1 N–H and O–H groups in total. The minimum absolute atomic E-state index is 0.0555. The Kier molecular flexibility index (Phi) is 7.91. The van der Waals surface area contributed by atoms with Crippen LogP contribution in [0.3, 0.4) is 0 Å². The number of nitrogens with one attached hydrogen (secondary N) is 1. The van der Waals surface area contributed by atoms with E-state index in [1.54, 1.807) is 48.5 Å². The maximum Gasteiger partial charge on any atom is 0.335 e. The fourth-order valence-electron chi connectivity index (χ4n) is 4.71. The van der Waals surface area contributed by atoms with Gasteiger partial charge in [0.1, 0.15) is 12.2 Å². The van der Waals surface area contributed by atoms with Crippen LogP contribution in [-0.2, 0) is 16.2 Å². The van der Waals surface area contributed by atoms with Crippen molar-refractivity contribution >= 4 is 35.5 Å². The average Bonchev–Trinajstić information content (AvgIpc) is 2.99. The molecule has 0 aliphatic carbocycles. The molecule has 0 bridgehead atoms. The Hall–Kier alpha value is -4.92.